The van der Waals surface area contributed by atoms with E-state index in [1.54, 1.807) is 0 Å². The smallest absolute Gasteiger partial charge is 0.225 e. The van der Waals surface area contributed by atoms with Crippen LogP contribution in [0.2, 0.25) is 0 Å². The highest BCUT2D eigenvalue weighted by Crippen LogP contribution is 2.28. The van der Waals surface area contributed by atoms with Gasteiger partial charge in [0.25, 0.3) is 0 Å². The summed E-state index contributed by atoms with van der Waals surface area (Å²) in [5.41, 5.74) is 0.641. The molecule has 1 saturated heterocycles. The number of hydrogen-bond donors (Lipinski definition) is 0. The van der Waals surface area contributed by atoms with Crippen LogP contribution in [0.15, 0.2) is 0 Å². The molecule has 0 radical (unpaired) electrons. The fourth-order valence-electron chi connectivity index (χ4n) is 1.10. The van der Waals surface area contributed by atoms with E-state index < -0.39 is 0 Å². The highest BCUT2D eigenvalue weighted by molar-refractivity contribution is 7.37. The Balaban J connectivity index is 2.33. The molecule has 2 nitrogen and oxygen atoms in total. The number of nitrogens with zero attached hydrogens (tertiary/aromatic N) is 1. The van der Waals surface area contributed by atoms with Gasteiger partial charge in [-0.3, -0.25) is 4.79 Å². The van der Waals surface area contributed by atoms with E-state index in [-0.39, 0.29) is 0 Å². The second-order valence-corrected chi connectivity index (χ2v) is 4.89. The molecular formula is C7H14NOP. The molecule has 0 N–H and O–H groups in total. The Labute approximate surface area is 63.8 Å². The zero-order valence-corrected chi connectivity index (χ0v) is 7.55. The van der Waals surface area contributed by atoms with Gasteiger partial charge in [0.05, 0.1) is 0 Å². The first-order valence-electron chi connectivity index (χ1n) is 3.76. The lowest BCUT2D eigenvalue weighted by Crippen LogP contribution is -2.16. The van der Waals surface area contributed by atoms with Crippen molar-refractivity contribution in [3.63, 3.8) is 0 Å². The zero-order chi connectivity index (χ0) is 7.56. The van der Waals surface area contributed by atoms with E-state index >= 15 is 0 Å². The van der Waals surface area contributed by atoms with E-state index in [2.05, 4.69) is 13.8 Å². The summed E-state index contributed by atoms with van der Waals surface area (Å²) in [5, 5.41) is 0. The first-order valence-corrected chi connectivity index (χ1v) is 4.79. The van der Waals surface area contributed by atoms with Crippen molar-refractivity contribution in [2.24, 2.45) is 0 Å². The Morgan fingerprint density at radius 2 is 2.30 bits per heavy atom. The summed E-state index contributed by atoms with van der Waals surface area (Å²) in [7, 11) is 0.706. The minimum Gasteiger partial charge on any atom is -0.324 e. The standard InChI is InChI=1S/C7H14NOP/c1-6(2)10-8-5-3-4-7(8)9/h6,10H,3-5H2,1-2H3. The number of rotatable bonds is 2. The van der Waals surface area contributed by atoms with Crippen LogP contribution in [0.25, 0.3) is 0 Å². The Kier molecular flexibility index (Phi) is 2.67. The van der Waals surface area contributed by atoms with Crippen molar-refractivity contribution in [3.8, 4) is 0 Å². The van der Waals surface area contributed by atoms with Gasteiger partial charge in [0.15, 0.2) is 0 Å². The SMILES string of the molecule is CC(C)PN1CCCC1=O. The summed E-state index contributed by atoms with van der Waals surface area (Å²) in [5.74, 6) is 0.354. The maximum atomic E-state index is 11.0. The van der Waals surface area contributed by atoms with Crippen molar-refractivity contribution in [3.05, 3.63) is 0 Å². The monoisotopic (exact) mass is 159 g/mol. The molecule has 0 saturated carbocycles. The molecule has 0 aromatic heterocycles. The molecule has 0 aromatic carbocycles. The first kappa shape index (κ1) is 8.00. The maximum absolute atomic E-state index is 11.0. The molecule has 58 valence electrons. The summed E-state index contributed by atoms with van der Waals surface area (Å²) in [6, 6.07) is 0. The topological polar surface area (TPSA) is 20.3 Å². The second kappa shape index (κ2) is 3.34. The van der Waals surface area contributed by atoms with Crippen molar-refractivity contribution >= 4 is 14.6 Å². The Morgan fingerprint density at radius 1 is 1.60 bits per heavy atom. The third kappa shape index (κ3) is 1.95. The largest absolute Gasteiger partial charge is 0.324 e. The third-order valence-electron chi connectivity index (χ3n) is 1.49. The minimum absolute atomic E-state index is 0.354. The molecule has 1 fully saturated rings. The van der Waals surface area contributed by atoms with Crippen LogP contribution in [0, 0.1) is 0 Å². The Morgan fingerprint density at radius 3 is 2.70 bits per heavy atom. The van der Waals surface area contributed by atoms with Crippen molar-refractivity contribution in [2.45, 2.75) is 32.3 Å². The normalized spacial score (nSPS) is 20.3. The van der Waals surface area contributed by atoms with Crippen LogP contribution in [-0.4, -0.2) is 22.8 Å². The van der Waals surface area contributed by atoms with Gasteiger partial charge >= 0.3 is 0 Å². The molecule has 0 bridgehead atoms. The molecule has 1 unspecified atom stereocenters. The quantitative estimate of drug-likeness (QED) is 0.560. The zero-order valence-electron chi connectivity index (χ0n) is 6.55. The number of carbonyl (C=O) groups excluding carboxylic acids is 1. The van der Waals surface area contributed by atoms with Crippen LogP contribution in [0.1, 0.15) is 26.7 Å². The molecule has 1 atom stereocenters. The van der Waals surface area contributed by atoms with Crippen LogP contribution < -0.4 is 0 Å². The van der Waals surface area contributed by atoms with Gasteiger partial charge in [-0.05, 0) is 20.8 Å². The Bertz CT molecular complexity index is 136. The van der Waals surface area contributed by atoms with E-state index in [0.29, 0.717) is 20.3 Å². The first-order chi connectivity index (χ1) is 4.70. The van der Waals surface area contributed by atoms with Crippen LogP contribution >= 0.6 is 8.73 Å². The van der Waals surface area contributed by atoms with Gasteiger partial charge in [0.2, 0.25) is 5.91 Å². The average Bonchev–Trinajstić information content (AvgIpc) is 2.15. The van der Waals surface area contributed by atoms with Crippen molar-refractivity contribution in [2.75, 3.05) is 6.54 Å². The van der Waals surface area contributed by atoms with Gasteiger partial charge < -0.3 is 4.67 Å². The predicted octanol–water partition coefficient (Wildman–Crippen LogP) is 1.61. The molecule has 3 heteroatoms. The molecule has 0 spiro atoms. The van der Waals surface area contributed by atoms with E-state index in [9.17, 15) is 4.79 Å². The highest BCUT2D eigenvalue weighted by atomic mass is 31.1. The van der Waals surface area contributed by atoms with Gasteiger partial charge in [0, 0.05) is 13.0 Å². The predicted molar refractivity (Wildman–Crippen MR) is 44.4 cm³/mol. The minimum atomic E-state index is 0.354. The van der Waals surface area contributed by atoms with Crippen molar-refractivity contribution in [1.82, 2.24) is 4.67 Å². The molecule has 10 heavy (non-hydrogen) atoms. The molecule has 1 amide bonds. The fourth-order valence-corrected chi connectivity index (χ4v) is 2.26. The lowest BCUT2D eigenvalue weighted by Gasteiger charge is -2.17. The van der Waals surface area contributed by atoms with E-state index in [1.165, 1.54) is 0 Å². The van der Waals surface area contributed by atoms with Crippen LogP contribution in [0.4, 0.5) is 0 Å². The van der Waals surface area contributed by atoms with E-state index in [0.717, 1.165) is 19.4 Å². The molecule has 1 heterocycles. The molecule has 1 rings (SSSR count). The summed E-state index contributed by atoms with van der Waals surface area (Å²) in [6.07, 6.45) is 1.85. The van der Waals surface area contributed by atoms with E-state index in [1.807, 2.05) is 4.67 Å². The van der Waals surface area contributed by atoms with Gasteiger partial charge in [0.1, 0.15) is 0 Å². The van der Waals surface area contributed by atoms with Crippen molar-refractivity contribution < 1.29 is 4.79 Å². The van der Waals surface area contributed by atoms with Gasteiger partial charge in [-0.25, -0.2) is 0 Å². The van der Waals surface area contributed by atoms with Crippen LogP contribution in [0.5, 0.6) is 0 Å². The van der Waals surface area contributed by atoms with Gasteiger partial charge in [-0.15, -0.1) is 0 Å². The lowest BCUT2D eigenvalue weighted by atomic mass is 10.4. The molecular weight excluding hydrogens is 145 g/mol. The second-order valence-electron chi connectivity index (χ2n) is 2.93. The highest BCUT2D eigenvalue weighted by Gasteiger charge is 2.20. The summed E-state index contributed by atoms with van der Waals surface area (Å²) in [6.45, 7) is 5.31. The summed E-state index contributed by atoms with van der Waals surface area (Å²) < 4.78 is 1.99. The van der Waals surface area contributed by atoms with Gasteiger partial charge in [-0.1, -0.05) is 13.8 Å². The maximum Gasteiger partial charge on any atom is 0.225 e. The van der Waals surface area contributed by atoms with Crippen molar-refractivity contribution in [1.29, 1.82) is 0 Å². The Hall–Kier alpha value is -0.100. The molecule has 0 aromatic rings. The number of amides is 1. The fraction of sp³-hybridized carbons (Fsp3) is 0.857. The number of carbonyl (C=O) groups is 1. The van der Waals surface area contributed by atoms with Crippen LogP contribution in [0.3, 0.4) is 0 Å². The van der Waals surface area contributed by atoms with Gasteiger partial charge in [-0.2, -0.15) is 0 Å². The lowest BCUT2D eigenvalue weighted by molar-refractivity contribution is -0.123. The molecule has 1 aliphatic heterocycles. The third-order valence-corrected chi connectivity index (χ3v) is 2.79. The summed E-state index contributed by atoms with van der Waals surface area (Å²) in [4.78, 5) is 11.0. The molecule has 0 aliphatic carbocycles. The number of hydrogen-bond acceptors (Lipinski definition) is 1. The van der Waals surface area contributed by atoms with Crippen LogP contribution in [-0.2, 0) is 4.79 Å². The molecule has 1 aliphatic rings. The van der Waals surface area contributed by atoms with E-state index in [4.69, 9.17) is 0 Å². The average molecular weight is 159 g/mol. The summed E-state index contributed by atoms with van der Waals surface area (Å²) >= 11 is 0.